The van der Waals surface area contributed by atoms with Crippen LogP contribution < -0.4 is 10.6 Å². The lowest BCUT2D eigenvalue weighted by molar-refractivity contribution is -0.117. The molecule has 26 heavy (non-hydrogen) atoms. The molecule has 1 atom stereocenters. The van der Waals surface area contributed by atoms with Gasteiger partial charge in [0.15, 0.2) is 0 Å². The van der Waals surface area contributed by atoms with Crippen LogP contribution >= 0.6 is 11.8 Å². The van der Waals surface area contributed by atoms with Gasteiger partial charge in [0.25, 0.3) is 5.91 Å². The second-order valence-corrected chi connectivity index (χ2v) is 6.79. The third-order valence-electron chi connectivity index (χ3n) is 3.87. The van der Waals surface area contributed by atoms with E-state index in [0.29, 0.717) is 12.1 Å². The van der Waals surface area contributed by atoms with E-state index < -0.39 is 11.2 Å². The van der Waals surface area contributed by atoms with Crippen LogP contribution in [0.4, 0.5) is 10.1 Å². The second-order valence-electron chi connectivity index (χ2n) is 5.60. The van der Waals surface area contributed by atoms with Crippen LogP contribution in [0.1, 0.15) is 5.56 Å². The number of halogens is 1. The molecule has 2 N–H and O–H groups in total. The highest BCUT2D eigenvalue weighted by atomic mass is 32.2. The van der Waals surface area contributed by atoms with Crippen LogP contribution in [0.25, 0.3) is 0 Å². The summed E-state index contributed by atoms with van der Waals surface area (Å²) in [6.07, 6.45) is 0.341. The van der Waals surface area contributed by atoms with E-state index in [1.54, 1.807) is 48.5 Å². The molecule has 0 aliphatic carbocycles. The standard InChI is InChI=1S/C19H14FN3O2S/c20-13-8-6-12(7-9-13)10-16-18(25)23(14-4-2-1-3-5-14)19(26-16)15(11-21)17(22)24/h1-9,16H,10H2,(H2,22,24)/b19-15-/t16-/m0/s1. The number of benzene rings is 2. The predicted molar refractivity (Wildman–Crippen MR) is 97.2 cm³/mol. The number of primary amides is 1. The molecule has 0 unspecified atom stereocenters. The van der Waals surface area contributed by atoms with E-state index in [9.17, 15) is 19.2 Å². The van der Waals surface area contributed by atoms with Gasteiger partial charge in [-0.15, -0.1) is 0 Å². The summed E-state index contributed by atoms with van der Waals surface area (Å²) in [5.74, 6) is -1.49. The minimum Gasteiger partial charge on any atom is -0.365 e. The Balaban J connectivity index is 2.00. The van der Waals surface area contributed by atoms with Crippen molar-refractivity contribution in [3.05, 3.63) is 76.6 Å². The summed E-state index contributed by atoms with van der Waals surface area (Å²) in [5.41, 5.74) is 6.39. The van der Waals surface area contributed by atoms with Gasteiger partial charge in [-0.3, -0.25) is 14.5 Å². The molecule has 1 fully saturated rings. The van der Waals surface area contributed by atoms with Gasteiger partial charge in [-0.1, -0.05) is 42.1 Å². The normalized spacial score (nSPS) is 18.5. The Hall–Kier alpha value is -3.11. The lowest BCUT2D eigenvalue weighted by Gasteiger charge is -2.18. The van der Waals surface area contributed by atoms with Crippen molar-refractivity contribution in [1.29, 1.82) is 5.26 Å². The molecule has 1 aliphatic rings. The number of carbonyl (C=O) groups is 2. The number of nitrogens with two attached hydrogens (primary N) is 1. The molecular weight excluding hydrogens is 353 g/mol. The second kappa shape index (κ2) is 7.42. The molecule has 2 aromatic carbocycles. The van der Waals surface area contributed by atoms with Crippen LogP contribution in [0.2, 0.25) is 0 Å². The van der Waals surface area contributed by atoms with Crippen molar-refractivity contribution < 1.29 is 14.0 Å². The number of thioether (sulfide) groups is 1. The first kappa shape index (κ1) is 17.7. The van der Waals surface area contributed by atoms with E-state index >= 15 is 0 Å². The zero-order chi connectivity index (χ0) is 18.7. The van der Waals surface area contributed by atoms with E-state index in [1.807, 2.05) is 0 Å². The topological polar surface area (TPSA) is 87.2 Å². The summed E-state index contributed by atoms with van der Waals surface area (Å²) in [5, 5.41) is 8.99. The number of amides is 2. The van der Waals surface area contributed by atoms with Gasteiger partial charge in [0.1, 0.15) is 22.5 Å². The predicted octanol–water partition coefficient (Wildman–Crippen LogP) is 2.74. The third kappa shape index (κ3) is 3.46. The summed E-state index contributed by atoms with van der Waals surface area (Å²) < 4.78 is 13.1. The number of hydrogen-bond acceptors (Lipinski definition) is 4. The molecule has 7 heteroatoms. The third-order valence-corrected chi connectivity index (χ3v) is 5.14. The van der Waals surface area contributed by atoms with Crippen LogP contribution in [-0.2, 0) is 16.0 Å². The smallest absolute Gasteiger partial charge is 0.262 e. The lowest BCUT2D eigenvalue weighted by atomic mass is 10.1. The van der Waals surface area contributed by atoms with E-state index in [4.69, 9.17) is 5.73 Å². The number of para-hydroxylation sites is 1. The Labute approximate surface area is 153 Å². The Kier molecular flexibility index (Phi) is 5.05. The van der Waals surface area contributed by atoms with Crippen molar-refractivity contribution in [2.24, 2.45) is 5.73 Å². The summed E-state index contributed by atoms with van der Waals surface area (Å²) in [6, 6.07) is 16.4. The number of rotatable bonds is 4. The van der Waals surface area contributed by atoms with Gasteiger partial charge >= 0.3 is 0 Å². The molecule has 2 aromatic rings. The molecule has 0 saturated carbocycles. The van der Waals surface area contributed by atoms with Crippen LogP contribution in [0.3, 0.4) is 0 Å². The highest BCUT2D eigenvalue weighted by Crippen LogP contribution is 2.41. The maximum atomic E-state index is 13.1. The fourth-order valence-electron chi connectivity index (χ4n) is 2.65. The monoisotopic (exact) mass is 367 g/mol. The van der Waals surface area contributed by atoms with Gasteiger partial charge in [-0.05, 0) is 36.2 Å². The molecule has 1 saturated heterocycles. The molecule has 1 heterocycles. The first-order valence-electron chi connectivity index (χ1n) is 7.75. The number of carbonyl (C=O) groups excluding carboxylic acids is 2. The average molecular weight is 367 g/mol. The summed E-state index contributed by atoms with van der Waals surface area (Å²) in [7, 11) is 0. The first-order valence-corrected chi connectivity index (χ1v) is 8.63. The van der Waals surface area contributed by atoms with Crippen molar-refractivity contribution in [3.63, 3.8) is 0 Å². The number of nitrogens with zero attached hydrogens (tertiary/aromatic N) is 2. The highest BCUT2D eigenvalue weighted by Gasteiger charge is 2.40. The molecule has 0 radical (unpaired) electrons. The number of nitriles is 1. The van der Waals surface area contributed by atoms with Gasteiger partial charge in [-0.25, -0.2) is 4.39 Å². The molecule has 1 aliphatic heterocycles. The number of hydrogen-bond donors (Lipinski definition) is 1. The van der Waals surface area contributed by atoms with Crippen LogP contribution in [0.15, 0.2) is 65.2 Å². The fourth-order valence-corrected chi connectivity index (χ4v) is 3.96. The van der Waals surface area contributed by atoms with Crippen LogP contribution in [0.5, 0.6) is 0 Å². The van der Waals surface area contributed by atoms with Crippen molar-refractivity contribution in [2.45, 2.75) is 11.7 Å². The summed E-state index contributed by atoms with van der Waals surface area (Å²) in [4.78, 5) is 26.0. The van der Waals surface area contributed by atoms with Crippen LogP contribution in [-0.4, -0.2) is 17.1 Å². The zero-order valence-electron chi connectivity index (χ0n) is 13.6. The van der Waals surface area contributed by atoms with Crippen LogP contribution in [0, 0.1) is 17.1 Å². The largest absolute Gasteiger partial charge is 0.365 e. The zero-order valence-corrected chi connectivity index (χ0v) is 14.4. The maximum absolute atomic E-state index is 13.1. The van der Waals surface area contributed by atoms with E-state index in [1.165, 1.54) is 17.0 Å². The SMILES string of the molecule is N#C/C(C(N)=O)=C1/S[C@@H](Cc2ccc(F)cc2)C(=O)N1c1ccccc1. The Morgan fingerprint density at radius 1 is 1.19 bits per heavy atom. The molecule has 130 valence electrons. The quantitative estimate of drug-likeness (QED) is 0.665. The molecule has 5 nitrogen and oxygen atoms in total. The first-order chi connectivity index (χ1) is 12.5. The fraction of sp³-hybridized carbons (Fsp3) is 0.105. The van der Waals surface area contributed by atoms with Gasteiger partial charge in [0.2, 0.25) is 5.91 Å². The van der Waals surface area contributed by atoms with Crippen molar-refractivity contribution in [2.75, 3.05) is 4.90 Å². The van der Waals surface area contributed by atoms with E-state index in [-0.39, 0.29) is 22.3 Å². The lowest BCUT2D eigenvalue weighted by Crippen LogP contribution is -2.30. The average Bonchev–Trinajstić information content (AvgIpc) is 2.94. The molecule has 0 bridgehead atoms. The van der Waals surface area contributed by atoms with E-state index in [0.717, 1.165) is 17.3 Å². The molecule has 0 spiro atoms. The summed E-state index contributed by atoms with van der Waals surface area (Å²) >= 11 is 1.12. The molecule has 0 aromatic heterocycles. The highest BCUT2D eigenvalue weighted by molar-refractivity contribution is 8.05. The minimum atomic E-state index is -0.883. The maximum Gasteiger partial charge on any atom is 0.262 e. The van der Waals surface area contributed by atoms with Gasteiger partial charge < -0.3 is 5.73 Å². The summed E-state index contributed by atoms with van der Waals surface area (Å²) in [6.45, 7) is 0. The van der Waals surface area contributed by atoms with E-state index in [2.05, 4.69) is 0 Å². The van der Waals surface area contributed by atoms with Gasteiger partial charge in [0.05, 0.1) is 5.25 Å². The Morgan fingerprint density at radius 3 is 2.42 bits per heavy atom. The van der Waals surface area contributed by atoms with Crippen molar-refractivity contribution in [1.82, 2.24) is 0 Å². The molecule has 2 amide bonds. The molecular formula is C19H14FN3O2S. The van der Waals surface area contributed by atoms with Gasteiger partial charge in [0, 0.05) is 5.69 Å². The Morgan fingerprint density at radius 2 is 1.85 bits per heavy atom. The van der Waals surface area contributed by atoms with Crippen molar-refractivity contribution in [3.8, 4) is 6.07 Å². The minimum absolute atomic E-state index is 0.225. The van der Waals surface area contributed by atoms with Gasteiger partial charge in [-0.2, -0.15) is 5.26 Å². The number of anilines is 1. The molecule has 3 rings (SSSR count). The van der Waals surface area contributed by atoms with Crippen molar-refractivity contribution >= 4 is 29.3 Å². The Bertz CT molecular complexity index is 920.